The molecule has 2 fully saturated rings. The lowest BCUT2D eigenvalue weighted by atomic mass is 9.76. The Morgan fingerprint density at radius 2 is 1.94 bits per heavy atom. The van der Waals surface area contributed by atoms with E-state index in [1.54, 1.807) is 0 Å². The van der Waals surface area contributed by atoms with E-state index >= 15 is 0 Å². The zero-order valence-electron chi connectivity index (χ0n) is 19.2. The van der Waals surface area contributed by atoms with Gasteiger partial charge in [0.15, 0.2) is 0 Å². The molecule has 170 valence electrons. The molecular weight excluding hydrogens is 416 g/mol. The van der Waals surface area contributed by atoms with Crippen LogP contribution in [0.25, 0.3) is 22.2 Å². The minimum Gasteiger partial charge on any atom is -0.381 e. The molecule has 0 radical (unpaired) electrons. The second-order valence-corrected chi connectivity index (χ2v) is 9.51. The van der Waals surface area contributed by atoms with Gasteiger partial charge < -0.3 is 19.4 Å². The summed E-state index contributed by atoms with van der Waals surface area (Å²) in [5, 5.41) is 16.7. The number of aromatic amines is 1. The minimum absolute atomic E-state index is 0.129. The molecule has 0 spiro atoms. The van der Waals surface area contributed by atoms with Crippen LogP contribution in [0, 0.1) is 26.7 Å². The first-order valence-electron chi connectivity index (χ1n) is 11.7. The molecular formula is C26H28N4O3. The van der Waals surface area contributed by atoms with E-state index in [2.05, 4.69) is 22.3 Å². The first-order chi connectivity index (χ1) is 15.9. The Morgan fingerprint density at radius 1 is 1.09 bits per heavy atom. The number of fused-ring (bicyclic) bond motifs is 1. The summed E-state index contributed by atoms with van der Waals surface area (Å²) in [4.78, 5) is 13.3. The molecule has 3 aromatic heterocycles. The van der Waals surface area contributed by atoms with Crippen LogP contribution in [-0.4, -0.2) is 38.4 Å². The second-order valence-electron chi connectivity index (χ2n) is 9.51. The van der Waals surface area contributed by atoms with Crippen molar-refractivity contribution in [1.29, 1.82) is 0 Å². The lowest BCUT2D eigenvalue weighted by molar-refractivity contribution is 0.00827. The number of benzene rings is 1. The number of H-pyrrole nitrogens is 1. The molecule has 2 aliphatic rings. The summed E-state index contributed by atoms with van der Waals surface area (Å²) >= 11 is 0. The smallest absolute Gasteiger partial charge is 0.141 e. The summed E-state index contributed by atoms with van der Waals surface area (Å²) in [6, 6.07) is 9.96. The van der Waals surface area contributed by atoms with Gasteiger partial charge in [-0.3, -0.25) is 4.98 Å². The highest BCUT2D eigenvalue weighted by Crippen LogP contribution is 2.46. The van der Waals surface area contributed by atoms with Gasteiger partial charge in [0, 0.05) is 35.3 Å². The number of ether oxygens (including phenoxy) is 1. The van der Waals surface area contributed by atoms with Crippen LogP contribution >= 0.6 is 0 Å². The number of hydrogen-bond donors (Lipinski definition) is 2. The Bertz CT molecular complexity index is 1330. The van der Waals surface area contributed by atoms with Crippen LogP contribution in [0.3, 0.4) is 0 Å². The minimum atomic E-state index is -1.34. The Morgan fingerprint density at radius 3 is 2.61 bits per heavy atom. The molecule has 2 N–H and O–H groups in total. The van der Waals surface area contributed by atoms with Gasteiger partial charge >= 0.3 is 0 Å². The number of aryl methyl sites for hydroxylation is 3. The monoisotopic (exact) mass is 444 g/mol. The van der Waals surface area contributed by atoms with Gasteiger partial charge in [0.2, 0.25) is 0 Å². The highest BCUT2D eigenvalue weighted by atomic mass is 16.5. The lowest BCUT2D eigenvalue weighted by Crippen LogP contribution is -2.38. The third kappa shape index (κ3) is 3.30. The zero-order valence-corrected chi connectivity index (χ0v) is 19.2. The van der Waals surface area contributed by atoms with E-state index in [0.717, 1.165) is 70.0 Å². The lowest BCUT2D eigenvalue weighted by Gasteiger charge is -2.34. The maximum atomic E-state index is 12.6. The average Bonchev–Trinajstić information content (AvgIpc) is 3.18. The molecule has 1 saturated carbocycles. The number of nitrogens with one attached hydrogen (secondary N) is 1. The molecule has 0 bridgehead atoms. The fourth-order valence-corrected chi connectivity index (χ4v) is 5.20. The van der Waals surface area contributed by atoms with Crippen molar-refractivity contribution in [3.63, 3.8) is 0 Å². The summed E-state index contributed by atoms with van der Waals surface area (Å²) in [6.07, 6.45) is 3.04. The van der Waals surface area contributed by atoms with Crippen molar-refractivity contribution in [3.8, 4) is 11.1 Å². The Hall–Kier alpha value is -3.03. The van der Waals surface area contributed by atoms with E-state index in [-0.39, 0.29) is 5.92 Å². The molecule has 4 aromatic rings. The highest BCUT2D eigenvalue weighted by Gasteiger charge is 2.45. The van der Waals surface area contributed by atoms with Gasteiger partial charge in [0.25, 0.3) is 0 Å². The van der Waals surface area contributed by atoms with E-state index in [0.29, 0.717) is 24.8 Å². The molecule has 6 rings (SSSR count). The standard InChI is InChI=1S/C26H28N4O3/c1-14-5-4-6-22(27-14)26(31,19-9-10-32-13-19)20-11-18(23-15(2)30-33-16(23)3)12-21-24(20)29-25(28-21)17-7-8-17/h4-6,11-12,17,19,31H,7-10,13H2,1-3H3,(H,28,29). The van der Waals surface area contributed by atoms with E-state index in [9.17, 15) is 5.11 Å². The van der Waals surface area contributed by atoms with E-state index < -0.39 is 5.60 Å². The van der Waals surface area contributed by atoms with Gasteiger partial charge in [0.1, 0.15) is 17.2 Å². The molecule has 7 nitrogen and oxygen atoms in total. The molecule has 1 aliphatic heterocycles. The van der Waals surface area contributed by atoms with Gasteiger partial charge in [-0.15, -0.1) is 0 Å². The van der Waals surface area contributed by atoms with Gasteiger partial charge in [-0.25, -0.2) is 4.98 Å². The van der Waals surface area contributed by atoms with Crippen molar-refractivity contribution < 1.29 is 14.4 Å². The van der Waals surface area contributed by atoms with Crippen LogP contribution in [0.1, 0.15) is 59.4 Å². The predicted octanol–water partition coefficient (Wildman–Crippen LogP) is 4.69. The van der Waals surface area contributed by atoms with Crippen LogP contribution in [0.5, 0.6) is 0 Å². The highest BCUT2D eigenvalue weighted by molar-refractivity contribution is 5.87. The first kappa shape index (κ1) is 20.6. The predicted molar refractivity (Wildman–Crippen MR) is 124 cm³/mol. The quantitative estimate of drug-likeness (QED) is 0.464. The normalized spacial score (nSPS) is 20.4. The van der Waals surface area contributed by atoms with Crippen LogP contribution in [0.4, 0.5) is 0 Å². The SMILES string of the molecule is Cc1cccc(C(O)(c2cc(-c3c(C)noc3C)cc3[nH]c(C4CC4)nc23)C2CCOC2)n1. The van der Waals surface area contributed by atoms with Crippen LogP contribution in [0.2, 0.25) is 0 Å². The van der Waals surface area contributed by atoms with Crippen LogP contribution < -0.4 is 0 Å². The van der Waals surface area contributed by atoms with Gasteiger partial charge in [-0.2, -0.15) is 0 Å². The first-order valence-corrected chi connectivity index (χ1v) is 11.7. The molecule has 1 aromatic carbocycles. The van der Waals surface area contributed by atoms with E-state index in [1.165, 1.54) is 0 Å². The Balaban J connectivity index is 1.66. The topological polar surface area (TPSA) is 97.1 Å². The molecule has 1 saturated heterocycles. The summed E-state index contributed by atoms with van der Waals surface area (Å²) in [6.45, 7) is 6.91. The number of nitrogens with zero attached hydrogens (tertiary/aromatic N) is 3. The van der Waals surface area contributed by atoms with E-state index in [4.69, 9.17) is 19.2 Å². The van der Waals surface area contributed by atoms with Gasteiger partial charge in [-0.1, -0.05) is 11.2 Å². The molecule has 2 unspecified atom stereocenters. The van der Waals surface area contributed by atoms with Crippen molar-refractivity contribution in [2.24, 2.45) is 5.92 Å². The maximum absolute atomic E-state index is 12.6. The van der Waals surface area contributed by atoms with E-state index in [1.807, 2.05) is 39.0 Å². The number of hydrogen-bond acceptors (Lipinski definition) is 6. The zero-order chi connectivity index (χ0) is 22.7. The number of pyridine rings is 1. The molecule has 7 heteroatoms. The average molecular weight is 445 g/mol. The second kappa shape index (κ2) is 7.50. The van der Waals surface area contributed by atoms with Crippen molar-refractivity contribution in [3.05, 3.63) is 64.6 Å². The number of aromatic nitrogens is 4. The maximum Gasteiger partial charge on any atom is 0.141 e. The summed E-state index contributed by atoms with van der Waals surface area (Å²) in [7, 11) is 0. The van der Waals surface area contributed by atoms with Crippen LogP contribution in [-0.2, 0) is 10.3 Å². The van der Waals surface area contributed by atoms with Gasteiger partial charge in [0.05, 0.1) is 29.0 Å². The summed E-state index contributed by atoms with van der Waals surface area (Å²) < 4.78 is 11.2. The third-order valence-electron chi connectivity index (χ3n) is 7.10. The van der Waals surface area contributed by atoms with Crippen molar-refractivity contribution in [1.82, 2.24) is 20.1 Å². The van der Waals surface area contributed by atoms with Crippen molar-refractivity contribution in [2.45, 2.75) is 51.6 Å². The largest absolute Gasteiger partial charge is 0.381 e. The van der Waals surface area contributed by atoms with Crippen LogP contribution in [0.15, 0.2) is 34.9 Å². The van der Waals surface area contributed by atoms with Crippen molar-refractivity contribution in [2.75, 3.05) is 13.2 Å². The Kier molecular flexibility index (Phi) is 4.67. The number of aliphatic hydroxyl groups is 1. The Labute approximate surface area is 192 Å². The number of rotatable bonds is 5. The molecule has 4 heterocycles. The van der Waals surface area contributed by atoms with Gasteiger partial charge in [-0.05, 0) is 69.9 Å². The fourth-order valence-electron chi connectivity index (χ4n) is 5.20. The summed E-state index contributed by atoms with van der Waals surface area (Å²) in [5.74, 6) is 2.08. The molecule has 1 aliphatic carbocycles. The number of imidazole rings is 1. The van der Waals surface area contributed by atoms with Crippen molar-refractivity contribution >= 4 is 11.0 Å². The fraction of sp³-hybridized carbons (Fsp3) is 0.423. The third-order valence-corrected chi connectivity index (χ3v) is 7.10. The molecule has 0 amide bonds. The molecule has 2 atom stereocenters. The summed E-state index contributed by atoms with van der Waals surface area (Å²) in [5.41, 5.74) is 5.33. The molecule has 33 heavy (non-hydrogen) atoms.